The van der Waals surface area contributed by atoms with Gasteiger partial charge in [-0.05, 0) is 80.0 Å². The smallest absolute Gasteiger partial charge is 0.272 e. The number of nitrogens with two attached hydrogens (primary N) is 1. The summed E-state index contributed by atoms with van der Waals surface area (Å²) in [7, 11) is 3.50. The van der Waals surface area contributed by atoms with E-state index in [0.717, 1.165) is 69.8 Å². The van der Waals surface area contributed by atoms with Crippen molar-refractivity contribution in [3.63, 3.8) is 0 Å². The van der Waals surface area contributed by atoms with Gasteiger partial charge in [-0.2, -0.15) is 0 Å². The molecule has 0 radical (unpaired) electrons. The Hall–Kier alpha value is -4.18. The van der Waals surface area contributed by atoms with Gasteiger partial charge in [0.1, 0.15) is 17.3 Å². The van der Waals surface area contributed by atoms with Crippen LogP contribution in [-0.2, 0) is 7.05 Å². The largest absolute Gasteiger partial charge is 0.495 e. The average molecular weight is 595 g/mol. The number of rotatable bonds is 10. The van der Waals surface area contributed by atoms with Gasteiger partial charge in [0.05, 0.1) is 12.8 Å². The zero-order valence-corrected chi connectivity index (χ0v) is 25.5. The summed E-state index contributed by atoms with van der Waals surface area (Å²) < 4.78 is 8.71. The molecule has 4 heterocycles. The number of amides is 1. The predicted molar refractivity (Wildman–Crippen MR) is 179 cm³/mol. The summed E-state index contributed by atoms with van der Waals surface area (Å²) in [5.74, 6) is 1.70. The maximum absolute atomic E-state index is 13.2. The Labute approximate surface area is 256 Å². The van der Waals surface area contributed by atoms with Crippen molar-refractivity contribution in [1.29, 1.82) is 0 Å². The molecule has 2 aromatic carbocycles. The third-order valence-electron chi connectivity index (χ3n) is 8.34. The number of carbonyl (C=O) groups excluding carboxylic acids is 1. The summed E-state index contributed by atoms with van der Waals surface area (Å²) in [4.78, 5) is 17.8. The van der Waals surface area contributed by atoms with Gasteiger partial charge in [-0.25, -0.2) is 4.98 Å². The lowest BCUT2D eigenvalue weighted by Gasteiger charge is -2.22. The Morgan fingerprint density at radius 2 is 2.05 bits per heavy atom. The first-order chi connectivity index (χ1) is 21.0. The zero-order chi connectivity index (χ0) is 29.8. The van der Waals surface area contributed by atoms with Crippen molar-refractivity contribution in [2.45, 2.75) is 19.3 Å². The molecule has 0 saturated carbocycles. The number of carbonyl (C=O) groups is 1. The van der Waals surface area contributed by atoms with Crippen LogP contribution in [0.15, 0.2) is 66.2 Å². The minimum atomic E-state index is -0.198. The zero-order valence-electron chi connectivity index (χ0n) is 24.7. The number of benzene rings is 2. The van der Waals surface area contributed by atoms with E-state index in [1.165, 1.54) is 19.3 Å². The van der Waals surface area contributed by atoms with Crippen LogP contribution in [0.1, 0.15) is 35.3 Å². The molecule has 1 aliphatic heterocycles. The van der Waals surface area contributed by atoms with Crippen molar-refractivity contribution >= 4 is 55.8 Å². The SMILES string of the molecule is COc1cc(-c2csc3c(C=CCNCCC4CCNCC4)cnc(N)c23)ccc1NC(=O)c1cc2ccccc2n1C. The van der Waals surface area contributed by atoms with Crippen molar-refractivity contribution in [3.8, 4) is 16.9 Å². The molecule has 1 saturated heterocycles. The van der Waals surface area contributed by atoms with E-state index in [9.17, 15) is 4.79 Å². The van der Waals surface area contributed by atoms with E-state index >= 15 is 0 Å². The second-order valence-corrected chi connectivity index (χ2v) is 11.9. The van der Waals surface area contributed by atoms with Crippen LogP contribution < -0.4 is 26.4 Å². The summed E-state index contributed by atoms with van der Waals surface area (Å²) in [6.45, 7) is 4.14. The molecular formula is C34H38N6O2S. The number of anilines is 2. The third kappa shape index (κ3) is 6.15. The first-order valence-corrected chi connectivity index (χ1v) is 15.7. The predicted octanol–water partition coefficient (Wildman–Crippen LogP) is 6.29. The average Bonchev–Trinajstić information content (AvgIpc) is 3.63. The summed E-state index contributed by atoms with van der Waals surface area (Å²) in [6, 6.07) is 15.6. The van der Waals surface area contributed by atoms with Gasteiger partial charge in [0.15, 0.2) is 0 Å². The fraction of sp³-hybridized carbons (Fsp3) is 0.294. The summed E-state index contributed by atoms with van der Waals surface area (Å²) >= 11 is 1.65. The fourth-order valence-electron chi connectivity index (χ4n) is 5.92. The Morgan fingerprint density at radius 1 is 1.21 bits per heavy atom. The van der Waals surface area contributed by atoms with Crippen LogP contribution in [-0.4, -0.2) is 48.7 Å². The first-order valence-electron chi connectivity index (χ1n) is 14.8. The number of methoxy groups -OCH3 is 1. The second kappa shape index (κ2) is 13.0. The second-order valence-electron chi connectivity index (χ2n) is 11.1. The van der Waals surface area contributed by atoms with Crippen LogP contribution in [0, 0.1) is 5.92 Å². The highest BCUT2D eigenvalue weighted by Crippen LogP contribution is 2.41. The molecule has 0 spiro atoms. The molecule has 5 N–H and O–H groups in total. The van der Waals surface area contributed by atoms with Crippen molar-refractivity contribution in [2.75, 3.05) is 44.3 Å². The highest BCUT2D eigenvalue weighted by molar-refractivity contribution is 7.18. The van der Waals surface area contributed by atoms with E-state index in [0.29, 0.717) is 22.9 Å². The minimum absolute atomic E-state index is 0.198. The van der Waals surface area contributed by atoms with Gasteiger partial charge in [0.25, 0.3) is 5.91 Å². The molecule has 3 aromatic heterocycles. The molecule has 222 valence electrons. The van der Waals surface area contributed by atoms with Crippen molar-refractivity contribution in [3.05, 3.63) is 77.4 Å². The molecule has 43 heavy (non-hydrogen) atoms. The van der Waals surface area contributed by atoms with E-state index in [4.69, 9.17) is 10.5 Å². The molecular weight excluding hydrogens is 556 g/mol. The van der Waals surface area contributed by atoms with Gasteiger partial charge < -0.3 is 31.0 Å². The number of aryl methyl sites for hydroxylation is 1. The topological polar surface area (TPSA) is 106 Å². The van der Waals surface area contributed by atoms with Gasteiger partial charge in [-0.3, -0.25) is 4.79 Å². The van der Waals surface area contributed by atoms with E-state index < -0.39 is 0 Å². The van der Waals surface area contributed by atoms with Gasteiger partial charge >= 0.3 is 0 Å². The van der Waals surface area contributed by atoms with E-state index in [1.807, 2.05) is 66.3 Å². The van der Waals surface area contributed by atoms with Crippen molar-refractivity contribution < 1.29 is 9.53 Å². The van der Waals surface area contributed by atoms with Crippen LogP contribution in [0.3, 0.4) is 0 Å². The van der Waals surface area contributed by atoms with Crippen LogP contribution in [0.2, 0.25) is 0 Å². The van der Waals surface area contributed by atoms with E-state index in [2.05, 4.69) is 38.5 Å². The van der Waals surface area contributed by atoms with Crippen LogP contribution >= 0.6 is 11.3 Å². The number of nitrogen functional groups attached to an aromatic ring is 1. The Morgan fingerprint density at radius 3 is 2.86 bits per heavy atom. The fourth-order valence-corrected chi connectivity index (χ4v) is 7.00. The monoisotopic (exact) mass is 594 g/mol. The molecule has 9 heteroatoms. The molecule has 5 aromatic rings. The Kier molecular flexibility index (Phi) is 8.74. The van der Waals surface area contributed by atoms with Crippen LogP contribution in [0.25, 0.3) is 38.2 Å². The van der Waals surface area contributed by atoms with Crippen LogP contribution in [0.4, 0.5) is 11.5 Å². The number of hydrogen-bond donors (Lipinski definition) is 4. The number of nitrogens with zero attached hydrogens (tertiary/aromatic N) is 2. The van der Waals surface area contributed by atoms with Gasteiger partial charge in [-0.1, -0.05) is 36.4 Å². The maximum Gasteiger partial charge on any atom is 0.272 e. The Bertz CT molecular complexity index is 1780. The normalized spacial score (nSPS) is 14.2. The molecule has 0 atom stereocenters. The summed E-state index contributed by atoms with van der Waals surface area (Å²) in [5.41, 5.74) is 11.6. The third-order valence-corrected chi connectivity index (χ3v) is 9.37. The molecule has 8 nitrogen and oxygen atoms in total. The molecule has 1 aliphatic rings. The number of fused-ring (bicyclic) bond motifs is 2. The minimum Gasteiger partial charge on any atom is -0.495 e. The molecule has 0 unspecified atom stereocenters. The van der Waals surface area contributed by atoms with E-state index in [-0.39, 0.29) is 5.91 Å². The van der Waals surface area contributed by atoms with Gasteiger partial charge in [0.2, 0.25) is 0 Å². The highest BCUT2D eigenvalue weighted by Gasteiger charge is 2.18. The number of pyridine rings is 1. The van der Waals surface area contributed by atoms with Gasteiger partial charge in [-0.15, -0.1) is 11.3 Å². The standard InChI is InChI=1S/C34H38N6O2S/c1-40-28-8-4-3-6-24(28)18-29(40)34(41)39-27-10-9-23(19-30(27)42-2)26-21-43-32-25(20-38-33(35)31(26)32)7-5-14-36-15-11-22-12-16-37-17-13-22/h3-10,18-22,36-37H,11-17H2,1-2H3,(H2,35,38)(H,39,41). The quantitative estimate of drug-likeness (QED) is 0.142. The number of hydrogen-bond acceptors (Lipinski definition) is 7. The van der Waals surface area contributed by atoms with Gasteiger partial charge in [0, 0.05) is 51.9 Å². The molecule has 0 aliphatic carbocycles. The summed E-state index contributed by atoms with van der Waals surface area (Å²) in [5, 5.41) is 14.1. The lowest BCUT2D eigenvalue weighted by Crippen LogP contribution is -2.29. The highest BCUT2D eigenvalue weighted by atomic mass is 32.1. The Balaban J connectivity index is 1.18. The summed E-state index contributed by atoms with van der Waals surface area (Å²) in [6.07, 6.45) is 9.91. The number of ether oxygens (including phenoxy) is 1. The first kappa shape index (κ1) is 28.9. The van der Waals surface area contributed by atoms with Crippen molar-refractivity contribution in [1.82, 2.24) is 20.2 Å². The van der Waals surface area contributed by atoms with E-state index in [1.54, 1.807) is 18.4 Å². The number of nitrogens with one attached hydrogen (secondary N) is 3. The van der Waals surface area contributed by atoms with Crippen molar-refractivity contribution in [2.24, 2.45) is 13.0 Å². The molecule has 1 fully saturated rings. The number of aromatic nitrogens is 2. The van der Waals surface area contributed by atoms with Crippen LogP contribution in [0.5, 0.6) is 5.75 Å². The molecule has 6 rings (SSSR count). The molecule has 1 amide bonds. The molecule has 0 bridgehead atoms. The maximum atomic E-state index is 13.2. The number of piperidine rings is 1. The lowest BCUT2D eigenvalue weighted by molar-refractivity contribution is 0.101. The number of thiophene rings is 1. The lowest BCUT2D eigenvalue weighted by atomic mass is 9.95. The number of para-hydroxylation sites is 1.